The predicted molar refractivity (Wildman–Crippen MR) is 75.0 cm³/mol. The van der Waals surface area contributed by atoms with E-state index in [0.717, 1.165) is 36.2 Å². The Balaban J connectivity index is 1.98. The van der Waals surface area contributed by atoms with Gasteiger partial charge in [-0.1, -0.05) is 13.0 Å². The molecule has 1 atom stereocenters. The molecule has 1 aromatic heterocycles. The Morgan fingerprint density at radius 3 is 3.06 bits per heavy atom. The third-order valence-electron chi connectivity index (χ3n) is 2.77. The van der Waals surface area contributed by atoms with Crippen molar-refractivity contribution in [1.29, 1.82) is 0 Å². The predicted octanol–water partition coefficient (Wildman–Crippen LogP) is 3.00. The van der Waals surface area contributed by atoms with Crippen molar-refractivity contribution >= 4 is 10.9 Å². The number of nitrogens with one attached hydrogen (secondary N) is 1. The monoisotopic (exact) mass is 244 g/mol. The van der Waals surface area contributed by atoms with Crippen molar-refractivity contribution < 1.29 is 4.74 Å². The van der Waals surface area contributed by atoms with Crippen LogP contribution in [0.2, 0.25) is 0 Å². The van der Waals surface area contributed by atoms with E-state index >= 15 is 0 Å². The lowest BCUT2D eigenvalue weighted by molar-refractivity contribution is 0.218. The van der Waals surface area contributed by atoms with Gasteiger partial charge in [0.1, 0.15) is 11.9 Å². The Hall–Kier alpha value is -1.61. The highest BCUT2D eigenvalue weighted by molar-refractivity contribution is 5.79. The normalized spacial score (nSPS) is 12.6. The van der Waals surface area contributed by atoms with Gasteiger partial charge in [0, 0.05) is 24.2 Å². The highest BCUT2D eigenvalue weighted by Crippen LogP contribution is 2.19. The van der Waals surface area contributed by atoms with E-state index in [1.807, 2.05) is 24.3 Å². The van der Waals surface area contributed by atoms with E-state index in [9.17, 15) is 0 Å². The summed E-state index contributed by atoms with van der Waals surface area (Å²) < 4.78 is 5.87. The van der Waals surface area contributed by atoms with Gasteiger partial charge in [-0.3, -0.25) is 4.98 Å². The van der Waals surface area contributed by atoms with Gasteiger partial charge in [-0.2, -0.15) is 0 Å². The Morgan fingerprint density at radius 1 is 1.33 bits per heavy atom. The molecule has 0 aliphatic carbocycles. The summed E-state index contributed by atoms with van der Waals surface area (Å²) in [5, 5.41) is 4.49. The van der Waals surface area contributed by atoms with Crippen molar-refractivity contribution in [1.82, 2.24) is 10.3 Å². The van der Waals surface area contributed by atoms with Crippen LogP contribution in [0.5, 0.6) is 5.75 Å². The minimum absolute atomic E-state index is 0.165. The zero-order chi connectivity index (χ0) is 12.8. The number of rotatable bonds is 6. The van der Waals surface area contributed by atoms with E-state index in [2.05, 4.69) is 30.2 Å². The quantitative estimate of drug-likeness (QED) is 0.793. The van der Waals surface area contributed by atoms with Gasteiger partial charge in [-0.05, 0) is 38.1 Å². The number of hydrogen-bond acceptors (Lipinski definition) is 3. The molecule has 0 radical (unpaired) electrons. The molecule has 1 N–H and O–H groups in total. The lowest BCUT2D eigenvalue weighted by Gasteiger charge is -2.15. The van der Waals surface area contributed by atoms with Crippen LogP contribution in [-0.2, 0) is 0 Å². The fraction of sp³-hybridized carbons (Fsp3) is 0.400. The van der Waals surface area contributed by atoms with E-state index in [4.69, 9.17) is 4.74 Å². The summed E-state index contributed by atoms with van der Waals surface area (Å²) in [6, 6.07) is 10.0. The molecule has 2 rings (SSSR count). The molecule has 3 heteroatoms. The first-order valence-corrected chi connectivity index (χ1v) is 6.51. The molecule has 2 aromatic rings. The van der Waals surface area contributed by atoms with E-state index in [-0.39, 0.29) is 6.10 Å². The summed E-state index contributed by atoms with van der Waals surface area (Å²) >= 11 is 0. The van der Waals surface area contributed by atoms with Crippen molar-refractivity contribution in [2.75, 3.05) is 13.1 Å². The summed E-state index contributed by atoms with van der Waals surface area (Å²) in [4.78, 5) is 4.33. The number of pyridine rings is 1. The smallest absolute Gasteiger partial charge is 0.121 e. The molecule has 0 aliphatic heterocycles. The molecule has 18 heavy (non-hydrogen) atoms. The van der Waals surface area contributed by atoms with E-state index in [1.54, 1.807) is 6.20 Å². The molecule has 0 fully saturated rings. The average Bonchev–Trinajstić information content (AvgIpc) is 2.39. The summed E-state index contributed by atoms with van der Waals surface area (Å²) in [5.41, 5.74) is 0.976. The van der Waals surface area contributed by atoms with Gasteiger partial charge in [0.05, 0.1) is 5.52 Å². The summed E-state index contributed by atoms with van der Waals surface area (Å²) in [7, 11) is 0. The van der Waals surface area contributed by atoms with Crippen LogP contribution in [0.15, 0.2) is 36.5 Å². The summed E-state index contributed by atoms with van der Waals surface area (Å²) in [6.07, 6.45) is 3.11. The van der Waals surface area contributed by atoms with Gasteiger partial charge < -0.3 is 10.1 Å². The molecule has 3 nitrogen and oxygen atoms in total. The Morgan fingerprint density at radius 2 is 2.22 bits per heavy atom. The maximum Gasteiger partial charge on any atom is 0.121 e. The number of benzene rings is 1. The molecule has 0 saturated carbocycles. The molecule has 1 heterocycles. The number of nitrogens with zero attached hydrogens (tertiary/aromatic N) is 1. The second-order valence-electron chi connectivity index (χ2n) is 4.49. The molecule has 0 spiro atoms. The fourth-order valence-electron chi connectivity index (χ4n) is 1.88. The molecular weight excluding hydrogens is 224 g/mol. The Bertz CT molecular complexity index is 499. The van der Waals surface area contributed by atoms with Gasteiger partial charge in [0.15, 0.2) is 0 Å². The van der Waals surface area contributed by atoms with Gasteiger partial charge >= 0.3 is 0 Å². The first-order valence-electron chi connectivity index (χ1n) is 6.51. The van der Waals surface area contributed by atoms with E-state index in [1.165, 1.54) is 0 Å². The fourth-order valence-corrected chi connectivity index (χ4v) is 1.88. The molecule has 0 amide bonds. The van der Waals surface area contributed by atoms with Crippen LogP contribution in [-0.4, -0.2) is 24.2 Å². The number of ether oxygens (including phenoxy) is 1. The van der Waals surface area contributed by atoms with Gasteiger partial charge in [-0.15, -0.1) is 0 Å². The number of fused-ring (bicyclic) bond motifs is 1. The maximum atomic E-state index is 5.87. The first-order chi connectivity index (χ1) is 8.79. The topological polar surface area (TPSA) is 34.1 Å². The highest BCUT2D eigenvalue weighted by Gasteiger charge is 2.04. The molecule has 0 saturated heterocycles. The largest absolute Gasteiger partial charge is 0.489 e. The molecule has 1 aromatic carbocycles. The van der Waals surface area contributed by atoms with Gasteiger partial charge in [-0.25, -0.2) is 0 Å². The molecular formula is C15H20N2O. The standard InChI is InChI=1S/C15H20N2O/c1-3-8-16-11-12(2)18-14-7-6-13-5-4-9-17-15(13)10-14/h4-7,9-10,12,16H,3,8,11H2,1-2H3. The van der Waals surface area contributed by atoms with E-state index in [0.29, 0.717) is 0 Å². The van der Waals surface area contributed by atoms with Gasteiger partial charge in [0.25, 0.3) is 0 Å². The zero-order valence-electron chi connectivity index (χ0n) is 11.0. The van der Waals surface area contributed by atoms with Crippen LogP contribution >= 0.6 is 0 Å². The van der Waals surface area contributed by atoms with E-state index < -0.39 is 0 Å². The van der Waals surface area contributed by atoms with Crippen molar-refractivity contribution in [2.24, 2.45) is 0 Å². The Labute approximate surface area is 108 Å². The minimum Gasteiger partial charge on any atom is -0.489 e. The summed E-state index contributed by atoms with van der Waals surface area (Å²) in [6.45, 7) is 6.14. The van der Waals surface area contributed by atoms with Crippen LogP contribution in [0, 0.1) is 0 Å². The highest BCUT2D eigenvalue weighted by atomic mass is 16.5. The van der Waals surface area contributed by atoms with Gasteiger partial charge in [0.2, 0.25) is 0 Å². The molecule has 96 valence electrons. The number of hydrogen-bond donors (Lipinski definition) is 1. The van der Waals surface area contributed by atoms with Crippen LogP contribution in [0.4, 0.5) is 0 Å². The first kappa shape index (κ1) is 12.8. The van der Waals surface area contributed by atoms with Crippen molar-refractivity contribution in [2.45, 2.75) is 26.4 Å². The zero-order valence-corrected chi connectivity index (χ0v) is 11.0. The third-order valence-corrected chi connectivity index (χ3v) is 2.77. The van der Waals surface area contributed by atoms with Crippen LogP contribution in [0.3, 0.4) is 0 Å². The molecule has 0 bridgehead atoms. The van der Waals surface area contributed by atoms with Crippen LogP contribution in [0.1, 0.15) is 20.3 Å². The molecule has 1 unspecified atom stereocenters. The maximum absolute atomic E-state index is 5.87. The van der Waals surface area contributed by atoms with Crippen molar-refractivity contribution in [3.63, 3.8) is 0 Å². The third kappa shape index (κ3) is 3.44. The SMILES string of the molecule is CCCNCC(C)Oc1ccc2cccnc2c1. The average molecular weight is 244 g/mol. The summed E-state index contributed by atoms with van der Waals surface area (Å²) in [5.74, 6) is 0.881. The second-order valence-corrected chi connectivity index (χ2v) is 4.49. The second kappa shape index (κ2) is 6.36. The van der Waals surface area contributed by atoms with Crippen LogP contribution < -0.4 is 10.1 Å². The Kier molecular flexibility index (Phi) is 4.53. The van der Waals surface area contributed by atoms with Crippen molar-refractivity contribution in [3.8, 4) is 5.75 Å². The number of aromatic nitrogens is 1. The lowest BCUT2D eigenvalue weighted by atomic mass is 10.2. The lowest BCUT2D eigenvalue weighted by Crippen LogP contribution is -2.29. The molecule has 0 aliphatic rings. The minimum atomic E-state index is 0.165. The van der Waals surface area contributed by atoms with Crippen LogP contribution in [0.25, 0.3) is 10.9 Å². The van der Waals surface area contributed by atoms with Crippen molar-refractivity contribution in [3.05, 3.63) is 36.5 Å².